The van der Waals surface area contributed by atoms with E-state index in [1.807, 2.05) is 0 Å². The molecule has 1 aromatic heterocycles. The van der Waals surface area contributed by atoms with E-state index >= 15 is 0 Å². The molecule has 1 amide bonds. The molecule has 0 aliphatic rings. The van der Waals surface area contributed by atoms with E-state index in [2.05, 4.69) is 10.3 Å². The van der Waals surface area contributed by atoms with Gasteiger partial charge >= 0.3 is 12.1 Å². The van der Waals surface area contributed by atoms with Gasteiger partial charge < -0.3 is 10.1 Å². The number of carbonyl (C=O) groups is 2. The molecule has 1 aromatic carbocycles. The number of halogens is 5. The van der Waals surface area contributed by atoms with Crippen LogP contribution in [0.1, 0.15) is 15.9 Å². The fourth-order valence-electron chi connectivity index (χ4n) is 1.69. The molecule has 0 saturated carbocycles. The summed E-state index contributed by atoms with van der Waals surface area (Å²) < 4.78 is 42.7. The summed E-state index contributed by atoms with van der Waals surface area (Å²) in [6.45, 7) is -0.714. The monoisotopic (exact) mass is 392 g/mol. The van der Waals surface area contributed by atoms with E-state index < -0.39 is 30.2 Å². The van der Waals surface area contributed by atoms with Gasteiger partial charge in [0.15, 0.2) is 6.61 Å². The quantitative estimate of drug-likeness (QED) is 0.625. The van der Waals surface area contributed by atoms with Gasteiger partial charge in [0.25, 0.3) is 5.91 Å². The predicted molar refractivity (Wildman–Crippen MR) is 84.6 cm³/mol. The molecule has 2 aromatic rings. The van der Waals surface area contributed by atoms with Crippen LogP contribution >= 0.6 is 23.2 Å². The van der Waals surface area contributed by atoms with Gasteiger partial charge in [0.05, 0.1) is 21.8 Å². The number of carbonyl (C=O) groups excluding carboxylic acids is 2. The number of anilines is 1. The van der Waals surface area contributed by atoms with E-state index in [0.29, 0.717) is 6.07 Å². The Labute approximate surface area is 149 Å². The van der Waals surface area contributed by atoms with E-state index in [4.69, 9.17) is 27.9 Å². The average molecular weight is 393 g/mol. The van der Waals surface area contributed by atoms with E-state index in [0.717, 1.165) is 18.3 Å². The summed E-state index contributed by atoms with van der Waals surface area (Å²) >= 11 is 11.3. The first-order valence-corrected chi connectivity index (χ1v) is 7.37. The molecule has 0 saturated heterocycles. The highest BCUT2D eigenvalue weighted by Gasteiger charge is 2.31. The maximum absolute atomic E-state index is 12.7. The number of hydrogen-bond acceptors (Lipinski definition) is 4. The number of ether oxygens (including phenoxy) is 1. The van der Waals surface area contributed by atoms with Crippen molar-refractivity contribution in [3.8, 4) is 0 Å². The van der Waals surface area contributed by atoms with Crippen LogP contribution in [0.4, 0.5) is 18.9 Å². The van der Waals surface area contributed by atoms with Gasteiger partial charge in [-0.1, -0.05) is 23.2 Å². The number of nitrogens with zero attached hydrogens (tertiary/aromatic N) is 1. The Balaban J connectivity index is 1.98. The lowest BCUT2D eigenvalue weighted by Crippen LogP contribution is -2.21. The van der Waals surface area contributed by atoms with Crippen molar-refractivity contribution in [1.82, 2.24) is 4.98 Å². The van der Waals surface area contributed by atoms with Crippen LogP contribution in [0.3, 0.4) is 0 Å². The first-order chi connectivity index (χ1) is 11.7. The zero-order chi connectivity index (χ0) is 18.6. The fraction of sp³-hybridized carbons (Fsp3) is 0.133. The number of pyridine rings is 1. The van der Waals surface area contributed by atoms with E-state index in [9.17, 15) is 22.8 Å². The molecule has 2 rings (SSSR count). The molecule has 1 heterocycles. The lowest BCUT2D eigenvalue weighted by Gasteiger charge is -2.11. The Morgan fingerprint density at radius 3 is 2.48 bits per heavy atom. The Morgan fingerprint density at radius 1 is 1.16 bits per heavy atom. The number of alkyl halides is 3. The molecule has 0 unspecified atom stereocenters. The average Bonchev–Trinajstić information content (AvgIpc) is 2.54. The highest BCUT2D eigenvalue weighted by molar-refractivity contribution is 6.33. The van der Waals surface area contributed by atoms with E-state index in [1.54, 1.807) is 0 Å². The summed E-state index contributed by atoms with van der Waals surface area (Å²) in [6, 6.07) is 5.18. The fourth-order valence-corrected chi connectivity index (χ4v) is 1.97. The highest BCUT2D eigenvalue weighted by Crippen LogP contribution is 2.33. The van der Waals surface area contributed by atoms with Crippen molar-refractivity contribution in [1.29, 1.82) is 0 Å². The molecule has 0 atom stereocenters. The van der Waals surface area contributed by atoms with Gasteiger partial charge in [-0.15, -0.1) is 0 Å². The number of rotatable bonds is 4. The molecule has 0 bridgehead atoms. The van der Waals surface area contributed by atoms with Gasteiger partial charge in [0.2, 0.25) is 0 Å². The molecule has 5 nitrogen and oxygen atoms in total. The molecule has 132 valence electrons. The van der Waals surface area contributed by atoms with Crippen molar-refractivity contribution in [2.24, 2.45) is 0 Å². The number of esters is 1. The smallest absolute Gasteiger partial charge is 0.416 e. The van der Waals surface area contributed by atoms with Crippen LogP contribution in [-0.2, 0) is 15.7 Å². The van der Waals surface area contributed by atoms with Crippen molar-refractivity contribution in [2.75, 3.05) is 11.9 Å². The minimum atomic E-state index is -4.59. The van der Waals surface area contributed by atoms with Crippen LogP contribution in [0.5, 0.6) is 0 Å². The second-order valence-corrected chi connectivity index (χ2v) is 5.48. The van der Waals surface area contributed by atoms with Crippen LogP contribution in [0.15, 0.2) is 36.5 Å². The standard InChI is InChI=1S/C15H9Cl2F3N2O3/c16-10-3-2-9(15(18,19)20)5-11(10)22-13(23)7-25-14(24)8-1-4-12(17)21-6-8/h1-6H,7H2,(H,22,23). The predicted octanol–water partition coefficient (Wildman–Crippen LogP) is 4.20. The SMILES string of the molecule is O=C(COC(=O)c1ccc(Cl)nc1)Nc1cc(C(F)(F)F)ccc1Cl. The second kappa shape index (κ2) is 7.71. The van der Waals surface area contributed by atoms with E-state index in [-0.39, 0.29) is 21.4 Å². The van der Waals surface area contributed by atoms with Crippen molar-refractivity contribution in [2.45, 2.75) is 6.18 Å². The normalized spacial score (nSPS) is 11.1. The van der Waals surface area contributed by atoms with Gasteiger partial charge in [0, 0.05) is 6.20 Å². The number of aromatic nitrogens is 1. The third-order valence-electron chi connectivity index (χ3n) is 2.87. The van der Waals surface area contributed by atoms with Crippen LogP contribution in [0.25, 0.3) is 0 Å². The zero-order valence-corrected chi connectivity index (χ0v) is 13.7. The summed E-state index contributed by atoms with van der Waals surface area (Å²) in [4.78, 5) is 27.1. The maximum Gasteiger partial charge on any atom is 0.416 e. The van der Waals surface area contributed by atoms with Gasteiger partial charge in [-0.3, -0.25) is 4.79 Å². The minimum Gasteiger partial charge on any atom is -0.452 e. The van der Waals surface area contributed by atoms with Crippen LogP contribution in [0.2, 0.25) is 10.2 Å². The highest BCUT2D eigenvalue weighted by atomic mass is 35.5. The first-order valence-electron chi connectivity index (χ1n) is 6.62. The van der Waals surface area contributed by atoms with Crippen molar-refractivity contribution in [3.05, 3.63) is 57.8 Å². The molecule has 25 heavy (non-hydrogen) atoms. The van der Waals surface area contributed by atoms with Crippen LogP contribution in [0, 0.1) is 0 Å². The summed E-state index contributed by atoms with van der Waals surface area (Å²) in [6.07, 6.45) is -3.43. The maximum atomic E-state index is 12.7. The summed E-state index contributed by atoms with van der Waals surface area (Å²) in [7, 11) is 0. The van der Waals surface area contributed by atoms with Gasteiger partial charge in [-0.25, -0.2) is 9.78 Å². The largest absolute Gasteiger partial charge is 0.452 e. The summed E-state index contributed by atoms with van der Waals surface area (Å²) in [5.74, 6) is -1.69. The third-order valence-corrected chi connectivity index (χ3v) is 3.42. The topological polar surface area (TPSA) is 68.3 Å². The van der Waals surface area contributed by atoms with Crippen LogP contribution in [-0.4, -0.2) is 23.5 Å². The molecule has 0 fully saturated rings. The number of hydrogen-bond donors (Lipinski definition) is 1. The van der Waals surface area contributed by atoms with Crippen molar-refractivity contribution >= 4 is 40.8 Å². The molecule has 1 N–H and O–H groups in total. The molecule has 0 radical (unpaired) electrons. The number of benzene rings is 1. The summed E-state index contributed by atoms with van der Waals surface area (Å²) in [5.41, 5.74) is -1.16. The number of nitrogens with one attached hydrogen (secondary N) is 1. The van der Waals surface area contributed by atoms with Gasteiger partial charge in [0.1, 0.15) is 5.15 Å². The molecule has 0 spiro atoms. The molecule has 10 heteroatoms. The lowest BCUT2D eigenvalue weighted by atomic mass is 10.2. The Kier molecular flexibility index (Phi) is 5.86. The van der Waals surface area contributed by atoms with Gasteiger partial charge in [-0.2, -0.15) is 13.2 Å². The van der Waals surface area contributed by atoms with Crippen molar-refractivity contribution in [3.63, 3.8) is 0 Å². The Morgan fingerprint density at radius 2 is 1.88 bits per heavy atom. The summed E-state index contributed by atoms with van der Waals surface area (Å²) in [5, 5.41) is 2.24. The van der Waals surface area contributed by atoms with Crippen LogP contribution < -0.4 is 5.32 Å². The van der Waals surface area contributed by atoms with E-state index in [1.165, 1.54) is 12.1 Å². The molecular formula is C15H9Cl2F3N2O3. The zero-order valence-electron chi connectivity index (χ0n) is 12.2. The second-order valence-electron chi connectivity index (χ2n) is 4.69. The Hall–Kier alpha value is -2.32. The van der Waals surface area contributed by atoms with Crippen molar-refractivity contribution < 1.29 is 27.5 Å². The molecule has 0 aliphatic carbocycles. The first kappa shape index (κ1) is 19.0. The number of amides is 1. The third kappa shape index (κ3) is 5.33. The van der Waals surface area contributed by atoms with Gasteiger partial charge in [-0.05, 0) is 30.3 Å². The molecule has 0 aliphatic heterocycles. The Bertz CT molecular complexity index is 796. The molecular weight excluding hydrogens is 384 g/mol. The minimum absolute atomic E-state index is 0.0642. The lowest BCUT2D eigenvalue weighted by molar-refractivity contribution is -0.137.